The molecule has 1 unspecified atom stereocenters. The average Bonchev–Trinajstić information content (AvgIpc) is 3.32. The molecule has 0 bridgehead atoms. The van der Waals surface area contributed by atoms with E-state index in [2.05, 4.69) is 28.3 Å². The predicted octanol–water partition coefficient (Wildman–Crippen LogP) is 4.04. The topological polar surface area (TPSA) is 13.0 Å². The van der Waals surface area contributed by atoms with Gasteiger partial charge in [0, 0.05) is 63.3 Å². The molecule has 155 valence electrons. The van der Waals surface area contributed by atoms with Gasteiger partial charge in [0.25, 0.3) is 0 Å². The van der Waals surface area contributed by atoms with Crippen molar-refractivity contribution in [3.8, 4) is 0 Å². The van der Waals surface area contributed by atoms with Gasteiger partial charge in [-0.05, 0) is 43.2 Å². The first kappa shape index (κ1) is 21.3. The van der Waals surface area contributed by atoms with Crippen LogP contribution >= 0.6 is 0 Å². The Morgan fingerprint density at radius 3 is 2.48 bits per heavy atom. The molecule has 3 aliphatic rings. The molecule has 5 rings (SSSR count). The van der Waals surface area contributed by atoms with Crippen molar-refractivity contribution in [3.05, 3.63) is 90.9 Å². The van der Waals surface area contributed by atoms with Crippen LogP contribution in [0.25, 0.3) is 0 Å². The van der Waals surface area contributed by atoms with Gasteiger partial charge in [-0.25, -0.2) is 4.39 Å². The van der Waals surface area contributed by atoms with E-state index in [0.29, 0.717) is 6.17 Å². The molecular formula is C21H19F3IrN4-2. The summed E-state index contributed by atoms with van der Waals surface area (Å²) >= 11 is 0. The zero-order chi connectivity index (χ0) is 19.8. The molecule has 8 heteroatoms. The molecule has 29 heavy (non-hydrogen) atoms. The van der Waals surface area contributed by atoms with E-state index in [-0.39, 0.29) is 31.6 Å². The van der Waals surface area contributed by atoms with E-state index < -0.39 is 11.6 Å². The van der Waals surface area contributed by atoms with Gasteiger partial charge in [0.1, 0.15) is 12.0 Å². The standard InChI is InChI=1S/C11H11FN2.C10H8F2N2.Ir/c1-13-4-5-14-10-3-2-9(12)6-8(10)7-11(13)14;1-13-4-5-14(7-13)10-3-2-8(11)6-9(10)12;/h2-6,11H,7H2,1H3;2,4-7H,1H3;/q;-2;. The molecule has 0 N–H and O–H groups in total. The van der Waals surface area contributed by atoms with Gasteiger partial charge in [-0.2, -0.15) is 12.7 Å². The first-order valence-corrected chi connectivity index (χ1v) is 8.80. The predicted molar refractivity (Wildman–Crippen MR) is 102 cm³/mol. The normalized spacial score (nSPS) is 18.4. The Morgan fingerprint density at radius 2 is 1.79 bits per heavy atom. The van der Waals surface area contributed by atoms with Crippen molar-refractivity contribution < 1.29 is 33.3 Å². The minimum absolute atomic E-state index is 0. The fourth-order valence-electron chi connectivity index (χ4n) is 3.44. The smallest absolute Gasteiger partial charge is 0.123 e. The Labute approximate surface area is 181 Å². The van der Waals surface area contributed by atoms with Crippen LogP contribution in [-0.4, -0.2) is 30.1 Å². The van der Waals surface area contributed by atoms with E-state index in [1.54, 1.807) is 30.0 Å². The third-order valence-corrected chi connectivity index (χ3v) is 4.84. The van der Waals surface area contributed by atoms with Crippen molar-refractivity contribution in [3.63, 3.8) is 0 Å². The van der Waals surface area contributed by atoms with Gasteiger partial charge < -0.3 is 19.6 Å². The fourth-order valence-corrected chi connectivity index (χ4v) is 3.44. The first-order chi connectivity index (χ1) is 13.4. The molecule has 0 amide bonds. The molecule has 0 aromatic heterocycles. The van der Waals surface area contributed by atoms with Gasteiger partial charge in [0.15, 0.2) is 0 Å². The zero-order valence-electron chi connectivity index (χ0n) is 15.8. The van der Waals surface area contributed by atoms with Crippen LogP contribution in [0.2, 0.25) is 0 Å². The summed E-state index contributed by atoms with van der Waals surface area (Å²) in [5.74, 6) is -1.39. The molecule has 4 nitrogen and oxygen atoms in total. The number of halogens is 3. The van der Waals surface area contributed by atoms with Crippen LogP contribution in [0.1, 0.15) is 5.56 Å². The molecule has 3 aliphatic heterocycles. The van der Waals surface area contributed by atoms with E-state index in [1.165, 1.54) is 11.0 Å². The van der Waals surface area contributed by atoms with Crippen LogP contribution < -0.4 is 9.80 Å². The van der Waals surface area contributed by atoms with E-state index in [1.807, 2.05) is 20.2 Å². The number of nitrogens with zero attached hydrogens (tertiary/aromatic N) is 4. The Morgan fingerprint density at radius 1 is 1.00 bits per heavy atom. The zero-order valence-corrected chi connectivity index (χ0v) is 18.2. The number of hydrogen-bond donors (Lipinski definition) is 0. The van der Waals surface area contributed by atoms with Crippen LogP contribution in [0, 0.1) is 30.2 Å². The largest absolute Gasteiger partial charge is 0.510 e. The second-order valence-electron chi connectivity index (χ2n) is 6.83. The van der Waals surface area contributed by atoms with E-state index in [0.717, 1.165) is 29.8 Å². The van der Waals surface area contributed by atoms with Gasteiger partial charge in [-0.1, -0.05) is 5.69 Å². The number of rotatable bonds is 1. The Hall–Kier alpha value is -2.44. The van der Waals surface area contributed by atoms with Gasteiger partial charge in [-0.15, -0.1) is 12.1 Å². The minimum atomic E-state index is -0.624. The molecule has 0 aliphatic carbocycles. The second kappa shape index (κ2) is 8.51. The summed E-state index contributed by atoms with van der Waals surface area (Å²) in [6.07, 6.45) is 8.79. The van der Waals surface area contributed by atoms with Crippen molar-refractivity contribution in [1.82, 2.24) is 9.80 Å². The van der Waals surface area contributed by atoms with Crippen molar-refractivity contribution in [2.24, 2.45) is 0 Å². The molecule has 0 fully saturated rings. The maximum absolute atomic E-state index is 13.2. The van der Waals surface area contributed by atoms with Crippen LogP contribution in [0.4, 0.5) is 24.5 Å². The summed E-state index contributed by atoms with van der Waals surface area (Å²) in [6.45, 7) is 1.67. The second-order valence-corrected chi connectivity index (χ2v) is 6.83. The Balaban J connectivity index is 0.000000160. The fraction of sp³-hybridized carbons (Fsp3) is 0.190. The number of benzene rings is 2. The van der Waals surface area contributed by atoms with Gasteiger partial charge in [0.2, 0.25) is 0 Å². The van der Waals surface area contributed by atoms with Crippen LogP contribution in [0.3, 0.4) is 0 Å². The van der Waals surface area contributed by atoms with Crippen molar-refractivity contribution >= 4 is 11.4 Å². The van der Waals surface area contributed by atoms with Crippen molar-refractivity contribution in [2.45, 2.75) is 12.6 Å². The number of anilines is 2. The molecule has 1 radical (unpaired) electrons. The summed E-state index contributed by atoms with van der Waals surface area (Å²) in [6, 6.07) is 9.49. The summed E-state index contributed by atoms with van der Waals surface area (Å²) < 4.78 is 38.8. The molecular weight excluding hydrogens is 557 g/mol. The monoisotopic (exact) mass is 577 g/mol. The van der Waals surface area contributed by atoms with Gasteiger partial charge in [-0.3, -0.25) is 8.78 Å². The molecule has 2 aromatic rings. The molecule has 2 aromatic carbocycles. The van der Waals surface area contributed by atoms with E-state index >= 15 is 0 Å². The number of fused-ring (bicyclic) bond motifs is 3. The molecule has 0 saturated heterocycles. The average molecular weight is 577 g/mol. The van der Waals surface area contributed by atoms with E-state index in [4.69, 9.17) is 0 Å². The molecule has 1 atom stereocenters. The van der Waals surface area contributed by atoms with E-state index in [9.17, 15) is 13.2 Å². The van der Waals surface area contributed by atoms with Crippen LogP contribution in [0.15, 0.2) is 55.1 Å². The third kappa shape index (κ3) is 4.28. The van der Waals surface area contributed by atoms with Gasteiger partial charge in [0.05, 0.1) is 0 Å². The molecule has 0 saturated carbocycles. The van der Waals surface area contributed by atoms with Crippen molar-refractivity contribution in [2.75, 3.05) is 23.9 Å². The maximum Gasteiger partial charge on any atom is 0.123 e. The summed E-state index contributed by atoms with van der Waals surface area (Å²) in [7, 11) is 3.86. The summed E-state index contributed by atoms with van der Waals surface area (Å²) in [4.78, 5) is 7.64. The minimum Gasteiger partial charge on any atom is -0.510 e. The Kier molecular flexibility index (Phi) is 6.24. The summed E-state index contributed by atoms with van der Waals surface area (Å²) in [5.41, 5.74) is 2.45. The first-order valence-electron chi connectivity index (χ1n) is 8.80. The van der Waals surface area contributed by atoms with Gasteiger partial charge >= 0.3 is 0 Å². The maximum atomic E-state index is 13.2. The number of hydrogen-bond acceptors (Lipinski definition) is 4. The third-order valence-electron chi connectivity index (χ3n) is 4.84. The van der Waals surface area contributed by atoms with Crippen LogP contribution in [0.5, 0.6) is 0 Å². The molecule has 3 heterocycles. The quantitative estimate of drug-likeness (QED) is 0.476. The SMILES string of the molecule is CN1C=CN(c2[c-]cc(F)cc2F)[CH-]1.CN1C=CN2c3ccc(F)cc3CC12.[Ir]. The summed E-state index contributed by atoms with van der Waals surface area (Å²) in [5, 5.41) is 0. The van der Waals surface area contributed by atoms with Crippen molar-refractivity contribution in [1.29, 1.82) is 0 Å². The van der Waals surface area contributed by atoms with Crippen LogP contribution in [-0.2, 0) is 26.5 Å². The molecule has 0 spiro atoms. The Bertz CT molecular complexity index is 944. The number of likely N-dealkylation sites (N-methyl/N-ethyl adjacent to an activating group) is 1.